The van der Waals surface area contributed by atoms with Crippen LogP contribution >= 0.6 is 11.3 Å². The molecule has 78 valence electrons. The van der Waals surface area contributed by atoms with Crippen LogP contribution in [0.5, 0.6) is 0 Å². The van der Waals surface area contributed by atoms with Crippen LogP contribution in [-0.2, 0) is 0 Å². The molecule has 1 aromatic rings. The number of piperidine rings is 1. The number of anilines is 2. The minimum atomic E-state index is 1.24. The van der Waals surface area contributed by atoms with Gasteiger partial charge in [-0.1, -0.05) is 0 Å². The van der Waals surface area contributed by atoms with E-state index in [1.807, 2.05) is 11.3 Å². The molecule has 2 rings (SSSR count). The third-order valence-corrected chi connectivity index (χ3v) is 4.00. The Bertz CT molecular complexity index is 287. The molecule has 0 unspecified atom stereocenters. The second kappa shape index (κ2) is 4.22. The summed E-state index contributed by atoms with van der Waals surface area (Å²) in [5.74, 6) is 0. The molecule has 0 amide bonds. The van der Waals surface area contributed by atoms with Crippen molar-refractivity contribution in [3.05, 3.63) is 12.1 Å². The summed E-state index contributed by atoms with van der Waals surface area (Å²) in [4.78, 5) is 4.69. The molecular weight excluding hydrogens is 192 g/mol. The highest BCUT2D eigenvalue weighted by Gasteiger charge is 2.12. The molecule has 0 aliphatic carbocycles. The van der Waals surface area contributed by atoms with Crippen LogP contribution in [0, 0.1) is 0 Å². The second-order valence-electron chi connectivity index (χ2n) is 4.05. The zero-order chi connectivity index (χ0) is 9.97. The standard InChI is InChI=1S/C11H18N2S/c1-12(2)10-6-7-11(14-10)13-8-4-3-5-9-13/h6-7H,3-5,8-9H2,1-2H3. The molecule has 0 saturated carbocycles. The Hall–Kier alpha value is -0.700. The summed E-state index contributed by atoms with van der Waals surface area (Å²) in [7, 11) is 4.21. The molecule has 1 aliphatic rings. The van der Waals surface area contributed by atoms with Crippen molar-refractivity contribution in [3.63, 3.8) is 0 Å². The summed E-state index contributed by atoms with van der Waals surface area (Å²) in [6, 6.07) is 4.47. The first kappa shape index (κ1) is 9.84. The highest BCUT2D eigenvalue weighted by atomic mass is 32.1. The van der Waals surface area contributed by atoms with Crippen molar-refractivity contribution in [2.24, 2.45) is 0 Å². The molecule has 0 atom stereocenters. The lowest BCUT2D eigenvalue weighted by Gasteiger charge is -2.27. The lowest BCUT2D eigenvalue weighted by Crippen LogP contribution is -2.28. The summed E-state index contributed by atoms with van der Waals surface area (Å²) < 4.78 is 0. The number of hydrogen-bond donors (Lipinski definition) is 0. The Morgan fingerprint density at radius 3 is 2.43 bits per heavy atom. The highest BCUT2D eigenvalue weighted by Crippen LogP contribution is 2.32. The quantitative estimate of drug-likeness (QED) is 0.740. The third-order valence-electron chi connectivity index (χ3n) is 2.69. The number of nitrogens with zero attached hydrogens (tertiary/aromatic N) is 2. The molecule has 1 aromatic heterocycles. The first-order valence-corrected chi connectivity index (χ1v) is 6.11. The van der Waals surface area contributed by atoms with Gasteiger partial charge < -0.3 is 9.80 Å². The normalized spacial score (nSPS) is 17.1. The third kappa shape index (κ3) is 2.03. The largest absolute Gasteiger partial charge is 0.370 e. The molecule has 0 aromatic carbocycles. The Morgan fingerprint density at radius 2 is 1.86 bits per heavy atom. The van der Waals surface area contributed by atoms with Gasteiger partial charge in [-0.15, -0.1) is 11.3 Å². The molecule has 0 N–H and O–H groups in total. The van der Waals surface area contributed by atoms with Gasteiger partial charge in [0.25, 0.3) is 0 Å². The van der Waals surface area contributed by atoms with Crippen LogP contribution in [0.1, 0.15) is 19.3 Å². The summed E-state index contributed by atoms with van der Waals surface area (Å²) in [5, 5.41) is 2.79. The number of hydrogen-bond acceptors (Lipinski definition) is 3. The smallest absolute Gasteiger partial charge is 0.0930 e. The van der Waals surface area contributed by atoms with Gasteiger partial charge in [0.05, 0.1) is 10.0 Å². The molecule has 2 heterocycles. The Labute approximate surface area is 90.1 Å². The minimum Gasteiger partial charge on any atom is -0.370 e. The average Bonchev–Trinajstić information content (AvgIpc) is 2.68. The van der Waals surface area contributed by atoms with Gasteiger partial charge in [0, 0.05) is 27.2 Å². The average molecular weight is 210 g/mol. The molecule has 2 nitrogen and oxygen atoms in total. The molecule has 1 aliphatic heterocycles. The number of rotatable bonds is 2. The summed E-state index contributed by atoms with van der Waals surface area (Å²) in [5.41, 5.74) is 0. The molecule has 1 fully saturated rings. The van der Waals surface area contributed by atoms with Gasteiger partial charge in [-0.25, -0.2) is 0 Å². The van der Waals surface area contributed by atoms with E-state index in [-0.39, 0.29) is 0 Å². The van der Waals surface area contributed by atoms with Crippen molar-refractivity contribution < 1.29 is 0 Å². The topological polar surface area (TPSA) is 6.48 Å². The maximum Gasteiger partial charge on any atom is 0.0930 e. The van der Waals surface area contributed by atoms with Crippen LogP contribution in [0.25, 0.3) is 0 Å². The van der Waals surface area contributed by atoms with Gasteiger partial charge in [-0.2, -0.15) is 0 Å². The fourth-order valence-electron chi connectivity index (χ4n) is 1.84. The van der Waals surface area contributed by atoms with Crippen molar-refractivity contribution in [1.82, 2.24) is 0 Å². The van der Waals surface area contributed by atoms with Gasteiger partial charge in [0.1, 0.15) is 0 Å². The lowest BCUT2D eigenvalue weighted by molar-refractivity contribution is 0.580. The van der Waals surface area contributed by atoms with E-state index in [4.69, 9.17) is 0 Å². The van der Waals surface area contributed by atoms with Crippen molar-refractivity contribution in [2.75, 3.05) is 37.0 Å². The predicted octanol–water partition coefficient (Wildman–Crippen LogP) is 2.80. The second-order valence-corrected chi connectivity index (χ2v) is 5.09. The van der Waals surface area contributed by atoms with Crippen LogP contribution in [0.3, 0.4) is 0 Å². The summed E-state index contributed by atoms with van der Waals surface area (Å²) in [6.45, 7) is 2.49. The van der Waals surface area contributed by atoms with Crippen molar-refractivity contribution in [1.29, 1.82) is 0 Å². The molecule has 0 bridgehead atoms. The fourth-order valence-corrected chi connectivity index (χ4v) is 2.82. The van der Waals surface area contributed by atoms with E-state index in [0.717, 1.165) is 0 Å². The van der Waals surface area contributed by atoms with Crippen LogP contribution in [0.2, 0.25) is 0 Å². The molecule has 0 spiro atoms. The van der Waals surface area contributed by atoms with E-state index in [9.17, 15) is 0 Å². The molecule has 0 radical (unpaired) electrons. The van der Waals surface area contributed by atoms with E-state index in [1.54, 1.807) is 0 Å². The Morgan fingerprint density at radius 1 is 1.14 bits per heavy atom. The highest BCUT2D eigenvalue weighted by molar-refractivity contribution is 7.20. The van der Waals surface area contributed by atoms with Gasteiger partial charge in [0.2, 0.25) is 0 Å². The first-order valence-electron chi connectivity index (χ1n) is 5.29. The van der Waals surface area contributed by atoms with Crippen LogP contribution in [0.4, 0.5) is 10.0 Å². The van der Waals surface area contributed by atoms with Crippen molar-refractivity contribution in [3.8, 4) is 0 Å². The Balaban J connectivity index is 2.07. The van der Waals surface area contributed by atoms with E-state index >= 15 is 0 Å². The van der Waals surface area contributed by atoms with E-state index in [1.165, 1.54) is 42.4 Å². The maximum absolute atomic E-state index is 2.52. The van der Waals surface area contributed by atoms with Crippen molar-refractivity contribution >= 4 is 21.3 Å². The summed E-state index contributed by atoms with van der Waals surface area (Å²) >= 11 is 1.90. The number of thiophene rings is 1. The van der Waals surface area contributed by atoms with Crippen LogP contribution in [-0.4, -0.2) is 27.2 Å². The van der Waals surface area contributed by atoms with E-state index in [2.05, 4.69) is 36.0 Å². The van der Waals surface area contributed by atoms with Crippen molar-refractivity contribution in [2.45, 2.75) is 19.3 Å². The van der Waals surface area contributed by atoms with Gasteiger partial charge in [-0.05, 0) is 31.4 Å². The fraction of sp³-hybridized carbons (Fsp3) is 0.636. The summed E-state index contributed by atoms with van der Waals surface area (Å²) in [6.07, 6.45) is 4.12. The van der Waals surface area contributed by atoms with E-state index in [0.29, 0.717) is 0 Å². The SMILES string of the molecule is CN(C)c1ccc(N2CCCCC2)s1. The zero-order valence-corrected chi connectivity index (χ0v) is 9.81. The zero-order valence-electron chi connectivity index (χ0n) is 8.99. The first-order chi connectivity index (χ1) is 6.77. The lowest BCUT2D eigenvalue weighted by atomic mass is 10.1. The van der Waals surface area contributed by atoms with Gasteiger partial charge in [-0.3, -0.25) is 0 Å². The monoisotopic (exact) mass is 210 g/mol. The molecule has 1 saturated heterocycles. The van der Waals surface area contributed by atoms with Crippen LogP contribution in [0.15, 0.2) is 12.1 Å². The van der Waals surface area contributed by atoms with Gasteiger partial charge in [0.15, 0.2) is 0 Å². The maximum atomic E-state index is 2.52. The van der Waals surface area contributed by atoms with Crippen LogP contribution < -0.4 is 9.80 Å². The molecule has 14 heavy (non-hydrogen) atoms. The van der Waals surface area contributed by atoms with Gasteiger partial charge >= 0.3 is 0 Å². The predicted molar refractivity (Wildman–Crippen MR) is 64.7 cm³/mol. The molecular formula is C11H18N2S. The molecule has 3 heteroatoms. The van der Waals surface area contributed by atoms with E-state index < -0.39 is 0 Å². The Kier molecular flexibility index (Phi) is 2.96. The minimum absolute atomic E-state index is 1.24.